The van der Waals surface area contributed by atoms with E-state index in [1.165, 1.54) is 0 Å². The van der Waals surface area contributed by atoms with Gasteiger partial charge in [0, 0.05) is 29.9 Å². The average molecular weight is 400 g/mol. The van der Waals surface area contributed by atoms with Crippen LogP contribution < -0.4 is 14.8 Å². The lowest BCUT2D eigenvalue weighted by Gasteiger charge is -2.38. The predicted molar refractivity (Wildman–Crippen MR) is 112 cm³/mol. The number of hydrogen-bond donors (Lipinski definition) is 1. The highest BCUT2D eigenvalue weighted by Gasteiger charge is 2.36. The monoisotopic (exact) mass is 400 g/mol. The fourth-order valence-electron chi connectivity index (χ4n) is 3.72. The van der Waals surface area contributed by atoms with Crippen LogP contribution >= 0.6 is 0 Å². The summed E-state index contributed by atoms with van der Waals surface area (Å²) in [6.07, 6.45) is 0. The molecule has 1 N–H and O–H groups in total. The molecule has 0 radical (unpaired) electrons. The minimum Gasteiger partial charge on any atom is -0.454 e. The van der Waals surface area contributed by atoms with Gasteiger partial charge in [0.2, 0.25) is 12.7 Å². The zero-order valence-corrected chi connectivity index (χ0v) is 16.2. The number of benzene rings is 3. The fraction of sp³-hybridized carbons (Fsp3) is 0.167. The molecule has 2 amide bonds. The normalized spacial score (nSPS) is 14.9. The first-order valence-corrected chi connectivity index (χ1v) is 9.83. The Hall–Kier alpha value is -3.80. The van der Waals surface area contributed by atoms with E-state index in [1.807, 2.05) is 54.6 Å². The summed E-state index contributed by atoms with van der Waals surface area (Å²) in [6.45, 7) is 0.961. The Morgan fingerprint density at radius 1 is 0.867 bits per heavy atom. The van der Waals surface area contributed by atoms with Crippen LogP contribution in [0.5, 0.6) is 11.5 Å². The van der Waals surface area contributed by atoms with Crippen LogP contribution in [0.1, 0.15) is 10.4 Å². The third-order valence-electron chi connectivity index (χ3n) is 5.43. The number of likely N-dealkylation sites (tertiary alicyclic amines) is 1. The Kier molecular flexibility index (Phi) is 4.59. The molecule has 0 spiro atoms. The van der Waals surface area contributed by atoms with Gasteiger partial charge in [-0.25, -0.2) is 0 Å². The topological polar surface area (TPSA) is 67.9 Å². The van der Waals surface area contributed by atoms with Gasteiger partial charge in [0.1, 0.15) is 0 Å². The zero-order chi connectivity index (χ0) is 20.5. The maximum Gasteiger partial charge on any atom is 0.254 e. The molecule has 0 atom stereocenters. The molecule has 2 aliphatic heterocycles. The second-order valence-corrected chi connectivity index (χ2v) is 7.38. The first-order valence-electron chi connectivity index (χ1n) is 9.83. The number of anilines is 1. The van der Waals surface area contributed by atoms with Crippen molar-refractivity contribution >= 4 is 17.5 Å². The Labute approximate surface area is 174 Å². The van der Waals surface area contributed by atoms with Crippen molar-refractivity contribution in [3.05, 3.63) is 78.4 Å². The molecule has 3 aromatic rings. The van der Waals surface area contributed by atoms with Crippen molar-refractivity contribution in [1.29, 1.82) is 0 Å². The minimum absolute atomic E-state index is 0.0758. The van der Waals surface area contributed by atoms with E-state index in [0.717, 1.165) is 16.8 Å². The number of fused-ring (bicyclic) bond motifs is 1. The molecular weight excluding hydrogens is 380 g/mol. The Morgan fingerprint density at radius 2 is 1.60 bits per heavy atom. The number of rotatable bonds is 4. The molecule has 0 aromatic heterocycles. The second-order valence-electron chi connectivity index (χ2n) is 7.38. The van der Waals surface area contributed by atoms with Crippen LogP contribution in [0.4, 0.5) is 5.69 Å². The first-order chi connectivity index (χ1) is 14.7. The van der Waals surface area contributed by atoms with Crippen molar-refractivity contribution in [3.63, 3.8) is 0 Å². The number of carbonyl (C=O) groups excluding carboxylic acids is 2. The Bertz CT molecular complexity index is 1110. The summed E-state index contributed by atoms with van der Waals surface area (Å²) in [7, 11) is 0. The summed E-state index contributed by atoms with van der Waals surface area (Å²) in [4.78, 5) is 27.1. The summed E-state index contributed by atoms with van der Waals surface area (Å²) >= 11 is 0. The number of nitrogens with one attached hydrogen (secondary N) is 1. The predicted octanol–water partition coefficient (Wildman–Crippen LogP) is 3.79. The Balaban J connectivity index is 1.23. The number of nitrogens with zero attached hydrogens (tertiary/aromatic N) is 1. The molecule has 5 rings (SSSR count). The van der Waals surface area contributed by atoms with Crippen LogP contribution in [0, 0.1) is 5.92 Å². The molecule has 0 unspecified atom stereocenters. The molecule has 2 heterocycles. The van der Waals surface area contributed by atoms with Gasteiger partial charge in [-0.2, -0.15) is 0 Å². The third-order valence-corrected chi connectivity index (χ3v) is 5.43. The molecule has 0 bridgehead atoms. The molecule has 6 heteroatoms. The average Bonchev–Trinajstić information content (AvgIpc) is 3.21. The van der Waals surface area contributed by atoms with E-state index in [9.17, 15) is 9.59 Å². The van der Waals surface area contributed by atoms with Crippen LogP contribution in [0.15, 0.2) is 72.8 Å². The van der Waals surface area contributed by atoms with Gasteiger partial charge < -0.3 is 19.7 Å². The molecule has 30 heavy (non-hydrogen) atoms. The summed E-state index contributed by atoms with van der Waals surface area (Å²) in [5, 5.41) is 3.03. The third kappa shape index (κ3) is 3.37. The van der Waals surface area contributed by atoms with Crippen LogP contribution in [0.2, 0.25) is 0 Å². The standard InChI is InChI=1S/C24H20N2O4/c27-23(25-20-9-5-4-8-19(20)16-6-2-1-3-7-16)18-13-26(14-18)24(28)17-10-11-21-22(12-17)30-15-29-21/h1-12,18H,13-15H2,(H,25,27). The fourth-order valence-corrected chi connectivity index (χ4v) is 3.72. The molecule has 3 aromatic carbocycles. The quantitative estimate of drug-likeness (QED) is 0.724. The summed E-state index contributed by atoms with van der Waals surface area (Å²) < 4.78 is 10.6. The maximum absolute atomic E-state index is 12.8. The van der Waals surface area contributed by atoms with Crippen molar-refractivity contribution in [2.75, 3.05) is 25.2 Å². The van der Waals surface area contributed by atoms with Crippen LogP contribution in [-0.2, 0) is 4.79 Å². The molecule has 6 nitrogen and oxygen atoms in total. The van der Waals surface area contributed by atoms with Crippen LogP contribution in [-0.4, -0.2) is 36.6 Å². The van der Waals surface area contributed by atoms with Crippen molar-refractivity contribution in [2.45, 2.75) is 0 Å². The second kappa shape index (κ2) is 7.55. The summed E-state index contributed by atoms with van der Waals surface area (Å²) in [6, 6.07) is 22.8. The molecule has 2 aliphatic rings. The summed E-state index contributed by atoms with van der Waals surface area (Å²) in [5.41, 5.74) is 3.32. The van der Waals surface area contributed by atoms with Crippen LogP contribution in [0.3, 0.4) is 0 Å². The van der Waals surface area contributed by atoms with E-state index in [1.54, 1.807) is 23.1 Å². The van der Waals surface area contributed by atoms with E-state index in [-0.39, 0.29) is 24.5 Å². The SMILES string of the molecule is O=C(Nc1ccccc1-c1ccccc1)C1CN(C(=O)c2ccc3c(c2)OCO3)C1. The van der Waals surface area contributed by atoms with E-state index in [0.29, 0.717) is 30.2 Å². The number of hydrogen-bond acceptors (Lipinski definition) is 4. The number of carbonyl (C=O) groups is 2. The molecule has 0 saturated carbocycles. The smallest absolute Gasteiger partial charge is 0.254 e. The molecule has 1 saturated heterocycles. The van der Waals surface area contributed by atoms with Gasteiger partial charge in [-0.15, -0.1) is 0 Å². The molecule has 1 fully saturated rings. The van der Waals surface area contributed by atoms with Crippen molar-refractivity contribution in [3.8, 4) is 22.6 Å². The lowest BCUT2D eigenvalue weighted by Crippen LogP contribution is -2.54. The minimum atomic E-state index is -0.230. The molecular formula is C24H20N2O4. The first kappa shape index (κ1) is 18.2. The van der Waals surface area contributed by atoms with E-state index in [4.69, 9.17) is 9.47 Å². The van der Waals surface area contributed by atoms with Gasteiger partial charge in [0.25, 0.3) is 5.91 Å². The van der Waals surface area contributed by atoms with E-state index >= 15 is 0 Å². The highest BCUT2D eigenvalue weighted by atomic mass is 16.7. The van der Waals surface area contributed by atoms with Gasteiger partial charge in [-0.1, -0.05) is 48.5 Å². The van der Waals surface area contributed by atoms with E-state index < -0.39 is 0 Å². The lowest BCUT2D eigenvalue weighted by molar-refractivity contribution is -0.123. The number of para-hydroxylation sites is 1. The van der Waals surface area contributed by atoms with E-state index in [2.05, 4.69) is 5.32 Å². The highest BCUT2D eigenvalue weighted by Crippen LogP contribution is 2.34. The maximum atomic E-state index is 12.8. The van der Waals surface area contributed by atoms with Crippen molar-refractivity contribution in [1.82, 2.24) is 4.90 Å². The molecule has 150 valence electrons. The number of amides is 2. The van der Waals surface area contributed by atoms with Crippen LogP contribution in [0.25, 0.3) is 11.1 Å². The molecule has 0 aliphatic carbocycles. The van der Waals surface area contributed by atoms with Gasteiger partial charge in [-0.05, 0) is 29.8 Å². The highest BCUT2D eigenvalue weighted by molar-refractivity contribution is 6.00. The lowest BCUT2D eigenvalue weighted by atomic mass is 9.97. The zero-order valence-electron chi connectivity index (χ0n) is 16.2. The van der Waals surface area contributed by atoms with Gasteiger partial charge in [0.15, 0.2) is 11.5 Å². The largest absolute Gasteiger partial charge is 0.454 e. The van der Waals surface area contributed by atoms with Crippen molar-refractivity contribution in [2.24, 2.45) is 5.92 Å². The Morgan fingerprint density at radius 3 is 2.43 bits per heavy atom. The van der Waals surface area contributed by atoms with Gasteiger partial charge in [-0.3, -0.25) is 9.59 Å². The summed E-state index contributed by atoms with van der Waals surface area (Å²) in [5.74, 6) is 0.805. The van der Waals surface area contributed by atoms with Gasteiger partial charge >= 0.3 is 0 Å². The van der Waals surface area contributed by atoms with Gasteiger partial charge in [0.05, 0.1) is 5.92 Å². The number of ether oxygens (including phenoxy) is 2. The van der Waals surface area contributed by atoms with Crippen molar-refractivity contribution < 1.29 is 19.1 Å².